The quantitative estimate of drug-likeness (QED) is 0.842. The van der Waals surface area contributed by atoms with E-state index in [1.54, 1.807) is 0 Å². The van der Waals surface area contributed by atoms with Crippen LogP contribution in [0.4, 0.5) is 11.4 Å². The Morgan fingerprint density at radius 2 is 1.76 bits per heavy atom. The van der Waals surface area contributed by atoms with E-state index in [1.165, 1.54) is 11.8 Å². The third kappa shape index (κ3) is 4.61. The zero-order chi connectivity index (χ0) is 17.6. The van der Waals surface area contributed by atoms with Crippen LogP contribution in [0, 0.1) is 0 Å². The van der Waals surface area contributed by atoms with Gasteiger partial charge < -0.3 is 10.2 Å². The van der Waals surface area contributed by atoms with Gasteiger partial charge in [0.05, 0.1) is 10.6 Å². The molecule has 0 spiro atoms. The molecule has 1 aliphatic heterocycles. The van der Waals surface area contributed by atoms with Gasteiger partial charge in [0.2, 0.25) is 0 Å². The van der Waals surface area contributed by atoms with Crippen molar-refractivity contribution in [3.8, 4) is 0 Å². The van der Waals surface area contributed by atoms with Crippen LogP contribution in [0.5, 0.6) is 0 Å². The Morgan fingerprint density at radius 1 is 1.04 bits per heavy atom. The van der Waals surface area contributed by atoms with Gasteiger partial charge in [-0.1, -0.05) is 42.5 Å². The lowest BCUT2D eigenvalue weighted by atomic mass is 10.2. The highest BCUT2D eigenvalue weighted by molar-refractivity contribution is 8.18. The van der Waals surface area contributed by atoms with Gasteiger partial charge in [-0.15, -0.1) is 0 Å². The van der Waals surface area contributed by atoms with Crippen molar-refractivity contribution in [3.05, 3.63) is 77.2 Å². The number of carbonyl (C=O) groups is 1. The summed E-state index contributed by atoms with van der Waals surface area (Å²) in [5, 5.41) is 3.39. The Bertz CT molecular complexity index is 837. The number of anilines is 1. The monoisotopic (exact) mass is 349 g/mol. The maximum absolute atomic E-state index is 12.0. The van der Waals surface area contributed by atoms with Crippen molar-refractivity contribution in [2.24, 2.45) is 4.99 Å². The Kier molecular flexibility index (Phi) is 5.36. The lowest BCUT2D eigenvalue weighted by Gasteiger charge is -2.11. The molecule has 5 heteroatoms. The van der Waals surface area contributed by atoms with E-state index >= 15 is 0 Å². The molecule has 0 radical (unpaired) electrons. The van der Waals surface area contributed by atoms with Crippen LogP contribution >= 0.6 is 11.8 Å². The van der Waals surface area contributed by atoms with E-state index in [0.29, 0.717) is 10.1 Å². The Labute approximate surface area is 152 Å². The lowest BCUT2D eigenvalue weighted by molar-refractivity contribution is -0.115. The smallest absolute Gasteiger partial charge is 0.264 e. The van der Waals surface area contributed by atoms with Gasteiger partial charge in [0, 0.05) is 19.8 Å². The minimum absolute atomic E-state index is 0.118. The molecule has 1 heterocycles. The summed E-state index contributed by atoms with van der Waals surface area (Å²) in [6.07, 6.45) is 5.68. The second-order valence-electron chi connectivity index (χ2n) is 5.68. The predicted molar refractivity (Wildman–Crippen MR) is 107 cm³/mol. The highest BCUT2D eigenvalue weighted by atomic mass is 32.2. The average molecular weight is 349 g/mol. The number of rotatable bonds is 4. The molecule has 2 aromatic rings. The molecule has 2 aromatic carbocycles. The summed E-state index contributed by atoms with van der Waals surface area (Å²) in [6, 6.07) is 17.8. The molecule has 1 saturated heterocycles. The summed E-state index contributed by atoms with van der Waals surface area (Å²) in [5.41, 5.74) is 3.06. The van der Waals surface area contributed by atoms with Gasteiger partial charge in [-0.2, -0.15) is 0 Å². The maximum atomic E-state index is 12.0. The van der Waals surface area contributed by atoms with Crippen molar-refractivity contribution in [2.75, 3.05) is 19.0 Å². The van der Waals surface area contributed by atoms with E-state index in [-0.39, 0.29) is 5.91 Å². The van der Waals surface area contributed by atoms with Gasteiger partial charge in [-0.25, -0.2) is 4.99 Å². The van der Waals surface area contributed by atoms with Crippen LogP contribution in [0.25, 0.3) is 6.08 Å². The molecule has 0 atom stereocenters. The van der Waals surface area contributed by atoms with E-state index in [2.05, 4.69) is 39.5 Å². The minimum atomic E-state index is -0.118. The minimum Gasteiger partial charge on any atom is -0.378 e. The molecule has 0 aromatic heterocycles. The highest BCUT2D eigenvalue weighted by Crippen LogP contribution is 2.26. The summed E-state index contributed by atoms with van der Waals surface area (Å²) in [6.45, 7) is 0. The highest BCUT2D eigenvalue weighted by Gasteiger charge is 2.22. The summed E-state index contributed by atoms with van der Waals surface area (Å²) >= 11 is 1.35. The molecule has 126 valence electrons. The van der Waals surface area contributed by atoms with Crippen molar-refractivity contribution in [3.63, 3.8) is 0 Å². The van der Waals surface area contributed by atoms with Gasteiger partial charge in [0.25, 0.3) is 5.91 Å². The normalized spacial score (nSPS) is 17.4. The predicted octanol–water partition coefficient (Wildman–Crippen LogP) is 4.20. The number of benzene rings is 2. The first-order valence-electron chi connectivity index (χ1n) is 7.90. The fraction of sp³-hybridized carbons (Fsp3) is 0.100. The standard InChI is InChI=1S/C20H19N3OS/c1-23(2)17-13-11-15(12-14-17)7-6-10-18-19(24)22-20(25-18)21-16-8-4-3-5-9-16/h3-14H,1-2H3,(H,21,22,24)/b7-6+,18-10+. The van der Waals surface area contributed by atoms with Crippen LogP contribution in [0.3, 0.4) is 0 Å². The van der Waals surface area contributed by atoms with Gasteiger partial charge in [0.15, 0.2) is 5.17 Å². The summed E-state index contributed by atoms with van der Waals surface area (Å²) in [5.74, 6) is -0.118. The zero-order valence-electron chi connectivity index (χ0n) is 14.1. The van der Waals surface area contributed by atoms with Gasteiger partial charge in [0.1, 0.15) is 0 Å². The fourth-order valence-corrected chi connectivity index (χ4v) is 3.04. The number of thioether (sulfide) groups is 1. The molecule has 25 heavy (non-hydrogen) atoms. The van der Waals surface area contributed by atoms with Crippen LogP contribution in [0.1, 0.15) is 5.56 Å². The van der Waals surface area contributed by atoms with Gasteiger partial charge in [-0.05, 0) is 47.7 Å². The molecule has 1 aliphatic rings. The number of allylic oxidation sites excluding steroid dienone is 2. The molecule has 3 rings (SSSR count). The van der Waals surface area contributed by atoms with Crippen molar-refractivity contribution >= 4 is 40.3 Å². The van der Waals surface area contributed by atoms with Crippen LogP contribution in [-0.4, -0.2) is 25.2 Å². The number of amidine groups is 1. The number of para-hydroxylation sites is 1. The molecular formula is C20H19N3OS. The molecule has 0 bridgehead atoms. The number of hydrogen-bond acceptors (Lipinski definition) is 4. The van der Waals surface area contributed by atoms with Crippen molar-refractivity contribution in [1.29, 1.82) is 0 Å². The van der Waals surface area contributed by atoms with E-state index in [4.69, 9.17) is 0 Å². The summed E-state index contributed by atoms with van der Waals surface area (Å²) in [4.78, 5) is 19.1. The second-order valence-corrected chi connectivity index (χ2v) is 6.72. The Morgan fingerprint density at radius 3 is 2.44 bits per heavy atom. The molecule has 0 saturated carbocycles. The summed E-state index contributed by atoms with van der Waals surface area (Å²) in [7, 11) is 4.03. The van der Waals surface area contributed by atoms with Crippen molar-refractivity contribution in [2.45, 2.75) is 0 Å². The fourth-order valence-electron chi connectivity index (χ4n) is 2.25. The Balaban J connectivity index is 1.67. The molecule has 0 aliphatic carbocycles. The van der Waals surface area contributed by atoms with Crippen LogP contribution in [0.15, 0.2) is 76.6 Å². The SMILES string of the molecule is CN(C)c1ccc(/C=C/C=C2/SC(=Nc3ccccc3)NC2=O)cc1. The first-order chi connectivity index (χ1) is 12.1. The number of hydrogen-bond donors (Lipinski definition) is 1. The topological polar surface area (TPSA) is 44.7 Å². The number of nitrogens with one attached hydrogen (secondary N) is 1. The first kappa shape index (κ1) is 17.0. The largest absolute Gasteiger partial charge is 0.378 e. The van der Waals surface area contributed by atoms with Crippen molar-refractivity contribution < 1.29 is 4.79 Å². The van der Waals surface area contributed by atoms with Crippen LogP contribution in [0.2, 0.25) is 0 Å². The number of nitrogens with zero attached hydrogens (tertiary/aromatic N) is 2. The molecule has 4 nitrogen and oxygen atoms in total. The van der Waals surface area contributed by atoms with Gasteiger partial charge >= 0.3 is 0 Å². The zero-order valence-corrected chi connectivity index (χ0v) is 15.0. The Hall–Kier alpha value is -2.79. The van der Waals surface area contributed by atoms with Crippen LogP contribution in [-0.2, 0) is 4.79 Å². The van der Waals surface area contributed by atoms with Crippen molar-refractivity contribution in [1.82, 2.24) is 5.32 Å². The van der Waals surface area contributed by atoms with Gasteiger partial charge in [-0.3, -0.25) is 4.79 Å². The molecule has 1 amide bonds. The molecule has 1 fully saturated rings. The second kappa shape index (κ2) is 7.85. The summed E-state index contributed by atoms with van der Waals surface area (Å²) < 4.78 is 0. The third-order valence-corrected chi connectivity index (χ3v) is 4.51. The van der Waals surface area contributed by atoms with E-state index in [9.17, 15) is 4.79 Å². The molecular weight excluding hydrogens is 330 g/mol. The maximum Gasteiger partial charge on any atom is 0.264 e. The van der Waals surface area contributed by atoms with E-state index < -0.39 is 0 Å². The first-order valence-corrected chi connectivity index (χ1v) is 8.72. The molecule has 1 N–H and O–H groups in total. The third-order valence-electron chi connectivity index (χ3n) is 3.58. The number of amides is 1. The van der Waals surface area contributed by atoms with Crippen LogP contribution < -0.4 is 10.2 Å². The molecule has 0 unspecified atom stereocenters. The number of aliphatic imine (C=N–C) groups is 1. The average Bonchev–Trinajstić information content (AvgIpc) is 2.95. The lowest BCUT2D eigenvalue weighted by Crippen LogP contribution is -2.19. The van der Waals surface area contributed by atoms with E-state index in [1.807, 2.05) is 62.7 Å². The number of carbonyl (C=O) groups excluding carboxylic acids is 1. The van der Waals surface area contributed by atoms with E-state index in [0.717, 1.165) is 16.9 Å².